The molecule has 166 valence electrons. The molecule has 30 heavy (non-hydrogen) atoms. The lowest BCUT2D eigenvalue weighted by Crippen LogP contribution is -2.42. The average molecular weight is 420 g/mol. The third kappa shape index (κ3) is 8.69. The highest BCUT2D eigenvalue weighted by atomic mass is 16.6. The fourth-order valence-electron chi connectivity index (χ4n) is 2.83. The van der Waals surface area contributed by atoms with E-state index in [1.165, 1.54) is 0 Å². The highest BCUT2D eigenvalue weighted by Gasteiger charge is 2.23. The molecule has 9 heteroatoms. The Morgan fingerprint density at radius 3 is 2.63 bits per heavy atom. The van der Waals surface area contributed by atoms with Gasteiger partial charge in [-0.15, -0.1) is 0 Å². The molecule has 1 aliphatic rings. The van der Waals surface area contributed by atoms with Crippen molar-refractivity contribution >= 4 is 23.6 Å². The number of hydrogen-bond acceptors (Lipinski definition) is 5. The van der Waals surface area contributed by atoms with Crippen LogP contribution in [0, 0.1) is 0 Å². The van der Waals surface area contributed by atoms with Crippen molar-refractivity contribution < 1.29 is 19.1 Å². The Labute approximate surface area is 178 Å². The maximum absolute atomic E-state index is 12.2. The lowest BCUT2D eigenvalue weighted by Gasteiger charge is -2.20. The zero-order valence-electron chi connectivity index (χ0n) is 18.2. The summed E-state index contributed by atoms with van der Waals surface area (Å²) in [6.45, 7) is 7.53. The van der Waals surface area contributed by atoms with Gasteiger partial charge in [0.25, 0.3) is 5.91 Å². The van der Waals surface area contributed by atoms with E-state index in [0.717, 1.165) is 24.1 Å². The number of rotatable bonds is 7. The number of benzene rings is 1. The van der Waals surface area contributed by atoms with Crippen LogP contribution in [-0.2, 0) is 20.8 Å². The van der Waals surface area contributed by atoms with Crippen LogP contribution in [0.4, 0.5) is 10.5 Å². The molecule has 1 unspecified atom stereocenters. The van der Waals surface area contributed by atoms with Crippen molar-refractivity contribution in [3.05, 3.63) is 29.8 Å². The van der Waals surface area contributed by atoms with Gasteiger partial charge in [-0.1, -0.05) is 12.1 Å². The van der Waals surface area contributed by atoms with Crippen molar-refractivity contribution in [2.45, 2.75) is 51.9 Å². The summed E-state index contributed by atoms with van der Waals surface area (Å²) < 4.78 is 10.6. The summed E-state index contributed by atoms with van der Waals surface area (Å²) in [7, 11) is 1.68. The van der Waals surface area contributed by atoms with Crippen molar-refractivity contribution in [3.63, 3.8) is 0 Å². The second-order valence-corrected chi connectivity index (χ2v) is 7.97. The van der Waals surface area contributed by atoms with Gasteiger partial charge in [-0.2, -0.15) is 0 Å². The molecule has 4 N–H and O–H groups in total. The normalized spacial score (nSPS) is 16.7. The van der Waals surface area contributed by atoms with E-state index in [4.69, 9.17) is 9.47 Å². The molecule has 0 spiro atoms. The topological polar surface area (TPSA) is 113 Å². The molecule has 0 bridgehead atoms. The average Bonchev–Trinajstić information content (AvgIpc) is 3.21. The number of nitrogens with zero attached hydrogens (tertiary/aromatic N) is 1. The van der Waals surface area contributed by atoms with Crippen LogP contribution >= 0.6 is 0 Å². The van der Waals surface area contributed by atoms with Gasteiger partial charge in [0.2, 0.25) is 0 Å². The standard InChI is InChI=1S/C21H33N5O4/c1-21(2,3)30-20(28)24-11-10-23-19(22-4)25-14-15-7-5-8-16(13-15)26-18(27)17-9-6-12-29-17/h5,7-8,13,17H,6,9-12,14H2,1-4H3,(H,24,28)(H,26,27)(H2,22,23,25). The summed E-state index contributed by atoms with van der Waals surface area (Å²) in [6, 6.07) is 7.62. The van der Waals surface area contributed by atoms with E-state index < -0.39 is 11.7 Å². The minimum Gasteiger partial charge on any atom is -0.444 e. The first-order valence-electron chi connectivity index (χ1n) is 10.2. The molecule has 1 fully saturated rings. The number of aliphatic imine (C=N–C) groups is 1. The Hall–Kier alpha value is -2.81. The predicted octanol–water partition coefficient (Wildman–Crippen LogP) is 1.99. The number of guanidine groups is 1. The van der Waals surface area contributed by atoms with Crippen LogP contribution in [0.5, 0.6) is 0 Å². The molecule has 1 heterocycles. The number of carbonyl (C=O) groups excluding carboxylic acids is 2. The predicted molar refractivity (Wildman–Crippen MR) is 116 cm³/mol. The minimum atomic E-state index is -0.521. The number of amides is 2. The van der Waals surface area contributed by atoms with E-state index in [1.807, 2.05) is 45.0 Å². The molecule has 0 aromatic heterocycles. The number of carbonyl (C=O) groups is 2. The first-order chi connectivity index (χ1) is 14.3. The van der Waals surface area contributed by atoms with E-state index in [-0.39, 0.29) is 12.0 Å². The summed E-state index contributed by atoms with van der Waals surface area (Å²) in [5.74, 6) is 0.502. The first kappa shape index (κ1) is 23.5. The van der Waals surface area contributed by atoms with Gasteiger partial charge in [-0.3, -0.25) is 9.79 Å². The number of anilines is 1. The third-order valence-electron chi connectivity index (χ3n) is 4.19. The molecule has 9 nitrogen and oxygen atoms in total. The molecule has 0 saturated carbocycles. The fraction of sp³-hybridized carbons (Fsp3) is 0.571. The summed E-state index contributed by atoms with van der Waals surface area (Å²) in [5.41, 5.74) is 1.21. The van der Waals surface area contributed by atoms with Crippen molar-refractivity contribution in [2.75, 3.05) is 32.1 Å². The molecule has 1 aliphatic heterocycles. The van der Waals surface area contributed by atoms with Crippen molar-refractivity contribution in [1.29, 1.82) is 0 Å². The van der Waals surface area contributed by atoms with Crippen molar-refractivity contribution in [2.24, 2.45) is 4.99 Å². The monoisotopic (exact) mass is 419 g/mol. The summed E-state index contributed by atoms with van der Waals surface area (Å²) in [6.07, 6.45) is 0.873. The van der Waals surface area contributed by atoms with E-state index >= 15 is 0 Å². The van der Waals surface area contributed by atoms with E-state index in [0.29, 0.717) is 32.2 Å². The quantitative estimate of drug-likeness (QED) is 0.305. The van der Waals surface area contributed by atoms with Crippen LogP contribution in [0.15, 0.2) is 29.3 Å². The second-order valence-electron chi connectivity index (χ2n) is 7.97. The SMILES string of the molecule is CN=C(NCCNC(=O)OC(C)(C)C)NCc1cccc(NC(=O)C2CCCO2)c1. The summed E-state index contributed by atoms with van der Waals surface area (Å²) in [5, 5.41) is 11.9. The summed E-state index contributed by atoms with van der Waals surface area (Å²) in [4.78, 5) is 28.0. The number of alkyl carbamates (subject to hydrolysis) is 1. The molecule has 0 aliphatic carbocycles. The number of nitrogens with one attached hydrogen (secondary N) is 4. The lowest BCUT2D eigenvalue weighted by molar-refractivity contribution is -0.124. The van der Waals surface area contributed by atoms with Gasteiger partial charge < -0.3 is 30.7 Å². The van der Waals surface area contributed by atoms with Crippen LogP contribution in [0.25, 0.3) is 0 Å². The maximum Gasteiger partial charge on any atom is 0.407 e. The summed E-state index contributed by atoms with van der Waals surface area (Å²) >= 11 is 0. The van der Waals surface area contributed by atoms with Gasteiger partial charge in [0.15, 0.2) is 5.96 Å². The third-order valence-corrected chi connectivity index (χ3v) is 4.19. The molecule has 1 saturated heterocycles. The van der Waals surface area contributed by atoms with Crippen LogP contribution in [0.3, 0.4) is 0 Å². The Balaban J connectivity index is 1.72. The van der Waals surface area contributed by atoms with Crippen molar-refractivity contribution in [3.8, 4) is 0 Å². The highest BCUT2D eigenvalue weighted by Crippen LogP contribution is 2.16. The van der Waals surface area contributed by atoms with Crippen LogP contribution in [0.1, 0.15) is 39.2 Å². The van der Waals surface area contributed by atoms with E-state index in [2.05, 4.69) is 26.3 Å². The van der Waals surface area contributed by atoms with E-state index in [9.17, 15) is 9.59 Å². The smallest absolute Gasteiger partial charge is 0.407 e. The molecule has 1 aromatic carbocycles. The Kier molecular flexibility index (Phi) is 8.91. The van der Waals surface area contributed by atoms with Crippen molar-refractivity contribution in [1.82, 2.24) is 16.0 Å². The number of ether oxygens (including phenoxy) is 2. The molecular weight excluding hydrogens is 386 g/mol. The van der Waals surface area contributed by atoms with Crippen LogP contribution in [0.2, 0.25) is 0 Å². The molecule has 2 rings (SSSR count). The first-order valence-corrected chi connectivity index (χ1v) is 10.2. The van der Waals surface area contributed by atoms with Crippen LogP contribution < -0.4 is 21.3 Å². The van der Waals surface area contributed by atoms with Gasteiger partial charge in [0.1, 0.15) is 11.7 Å². The molecule has 1 aromatic rings. The Morgan fingerprint density at radius 1 is 1.20 bits per heavy atom. The Morgan fingerprint density at radius 2 is 1.97 bits per heavy atom. The minimum absolute atomic E-state index is 0.104. The maximum atomic E-state index is 12.2. The highest BCUT2D eigenvalue weighted by molar-refractivity contribution is 5.94. The van der Waals surface area contributed by atoms with Gasteiger partial charge in [0, 0.05) is 39.0 Å². The zero-order chi connectivity index (χ0) is 22.0. The zero-order valence-corrected chi connectivity index (χ0v) is 18.2. The Bertz CT molecular complexity index is 739. The molecule has 1 atom stereocenters. The van der Waals surface area contributed by atoms with Gasteiger partial charge >= 0.3 is 6.09 Å². The largest absolute Gasteiger partial charge is 0.444 e. The van der Waals surface area contributed by atoms with E-state index in [1.54, 1.807) is 7.05 Å². The number of hydrogen-bond donors (Lipinski definition) is 4. The van der Waals surface area contributed by atoms with Crippen LogP contribution in [-0.4, -0.2) is 56.4 Å². The van der Waals surface area contributed by atoms with Gasteiger partial charge in [-0.25, -0.2) is 4.79 Å². The second kappa shape index (κ2) is 11.4. The van der Waals surface area contributed by atoms with Gasteiger partial charge in [0.05, 0.1) is 0 Å². The fourth-order valence-corrected chi connectivity index (χ4v) is 2.83. The van der Waals surface area contributed by atoms with Gasteiger partial charge in [-0.05, 0) is 51.3 Å². The molecule has 0 radical (unpaired) electrons. The lowest BCUT2D eigenvalue weighted by atomic mass is 10.2. The molecule has 2 amide bonds. The molecular formula is C21H33N5O4.